The van der Waals surface area contributed by atoms with Crippen LogP contribution >= 0.6 is 11.3 Å². The second kappa shape index (κ2) is 13.8. The molecule has 2 aromatic carbocycles. The van der Waals surface area contributed by atoms with Crippen molar-refractivity contribution in [1.29, 1.82) is 5.26 Å². The van der Waals surface area contributed by atoms with Crippen LogP contribution in [0.25, 0.3) is 10.4 Å². The topological polar surface area (TPSA) is 103 Å². The quantitative estimate of drug-likeness (QED) is 0.207. The number of halogens is 7. The Morgan fingerprint density at radius 3 is 2.19 bits per heavy atom. The first kappa shape index (κ1) is 36.7. The molecule has 1 aliphatic rings. The van der Waals surface area contributed by atoms with Gasteiger partial charge in [0.2, 0.25) is 0 Å². The Morgan fingerprint density at radius 1 is 1.06 bits per heavy atom. The standard InChI is InChI=1S/C33H32F7N3O4S/c1-17-9-22(34)5-6-23(17)29-28(24(14-41)30(48-29)43-8-7-18(10-27(45)46)25(16-43)47-4)42-15-26(44)31(2,3)19-11-20(32(35,36)37)13-21(12-19)33(38,39)40/h5-6,9,11-13,18,25,42H,7-8,10,15-16H2,1-4H3,(H,45,46). The SMILES string of the molecule is COC1CN(c2sc(-c3ccc(F)cc3C)c(NCC(=O)C(C)(C)c3cc(C(F)(F)F)cc(C(F)(F)F)c3)c2C#N)CCC1CC(=O)O. The summed E-state index contributed by atoms with van der Waals surface area (Å²) < 4.78 is 101. The Bertz CT molecular complexity index is 1710. The van der Waals surface area contributed by atoms with Gasteiger partial charge < -0.3 is 20.1 Å². The summed E-state index contributed by atoms with van der Waals surface area (Å²) in [5, 5.41) is 23.0. The molecule has 1 fully saturated rings. The number of anilines is 2. The first-order valence-electron chi connectivity index (χ1n) is 14.7. The number of carbonyl (C=O) groups is 2. The van der Waals surface area contributed by atoms with Gasteiger partial charge in [-0.2, -0.15) is 31.6 Å². The number of Topliss-reactive ketones (excluding diaryl/α,β-unsaturated/α-hetero) is 1. The molecule has 15 heteroatoms. The van der Waals surface area contributed by atoms with Crippen molar-refractivity contribution in [3.8, 4) is 16.5 Å². The van der Waals surface area contributed by atoms with E-state index in [1.807, 2.05) is 4.90 Å². The molecule has 48 heavy (non-hydrogen) atoms. The average Bonchev–Trinajstić information content (AvgIpc) is 3.36. The number of carbonyl (C=O) groups excluding carboxylic acids is 1. The van der Waals surface area contributed by atoms with Crippen molar-refractivity contribution in [3.63, 3.8) is 0 Å². The van der Waals surface area contributed by atoms with Crippen molar-refractivity contribution < 1.29 is 50.2 Å². The van der Waals surface area contributed by atoms with Crippen LogP contribution in [0.4, 0.5) is 41.4 Å². The lowest BCUT2D eigenvalue weighted by Crippen LogP contribution is -2.45. The molecule has 7 nitrogen and oxygen atoms in total. The van der Waals surface area contributed by atoms with E-state index in [2.05, 4.69) is 11.4 Å². The van der Waals surface area contributed by atoms with Gasteiger partial charge >= 0.3 is 18.3 Å². The zero-order valence-electron chi connectivity index (χ0n) is 26.3. The fourth-order valence-electron chi connectivity index (χ4n) is 5.73. The number of hydrogen-bond donors (Lipinski definition) is 2. The lowest BCUT2D eigenvalue weighted by Gasteiger charge is -2.38. The Labute approximate surface area is 275 Å². The smallest absolute Gasteiger partial charge is 0.416 e. The van der Waals surface area contributed by atoms with Crippen molar-refractivity contribution in [3.05, 3.63) is 70.0 Å². The molecule has 1 saturated heterocycles. The van der Waals surface area contributed by atoms with Crippen LogP contribution in [0.1, 0.15) is 54.5 Å². The van der Waals surface area contributed by atoms with Gasteiger partial charge in [-0.3, -0.25) is 9.59 Å². The van der Waals surface area contributed by atoms with E-state index in [1.165, 1.54) is 50.5 Å². The third-order valence-corrected chi connectivity index (χ3v) is 9.87. The Hall–Kier alpha value is -4.16. The van der Waals surface area contributed by atoms with Crippen molar-refractivity contribution in [2.45, 2.75) is 57.5 Å². The maximum Gasteiger partial charge on any atom is 0.416 e. The largest absolute Gasteiger partial charge is 0.481 e. The molecule has 0 aliphatic carbocycles. The first-order valence-corrected chi connectivity index (χ1v) is 15.5. The molecule has 2 atom stereocenters. The number of aliphatic carboxylic acids is 1. The molecule has 2 N–H and O–H groups in total. The van der Waals surface area contributed by atoms with Crippen molar-refractivity contribution in [2.24, 2.45) is 5.92 Å². The number of thiophene rings is 1. The number of aryl methyl sites for hydroxylation is 1. The molecule has 0 saturated carbocycles. The molecule has 4 rings (SSSR count). The van der Waals surface area contributed by atoms with Crippen LogP contribution in [0, 0.1) is 30.0 Å². The van der Waals surface area contributed by atoms with Gasteiger partial charge in [-0.25, -0.2) is 4.39 Å². The van der Waals surface area contributed by atoms with Gasteiger partial charge in [-0.1, -0.05) is 6.07 Å². The molecule has 3 aromatic rings. The highest BCUT2D eigenvalue weighted by Crippen LogP contribution is 2.48. The molecular weight excluding hydrogens is 667 g/mol. The third kappa shape index (κ3) is 7.76. The lowest BCUT2D eigenvalue weighted by atomic mass is 9.79. The molecule has 2 unspecified atom stereocenters. The zero-order chi connectivity index (χ0) is 35.8. The summed E-state index contributed by atoms with van der Waals surface area (Å²) in [6.07, 6.45) is -10.4. The number of nitrogens with one attached hydrogen (secondary N) is 1. The number of alkyl halides is 6. The van der Waals surface area contributed by atoms with E-state index in [1.54, 1.807) is 6.92 Å². The van der Waals surface area contributed by atoms with Gasteiger partial charge in [0.05, 0.1) is 46.2 Å². The van der Waals surface area contributed by atoms with Crippen molar-refractivity contribution in [2.75, 3.05) is 37.0 Å². The molecule has 1 aliphatic heterocycles. The van der Waals surface area contributed by atoms with Gasteiger partial charge in [-0.05, 0) is 80.1 Å². The summed E-state index contributed by atoms with van der Waals surface area (Å²) in [6.45, 7) is 4.11. The van der Waals surface area contributed by atoms with E-state index in [0.29, 0.717) is 46.1 Å². The van der Waals surface area contributed by atoms with E-state index in [-0.39, 0.29) is 36.2 Å². The third-order valence-electron chi connectivity index (χ3n) is 8.59. The maximum absolute atomic E-state index is 14.1. The number of methoxy groups -OCH3 is 1. The molecule has 258 valence electrons. The Morgan fingerprint density at radius 2 is 1.67 bits per heavy atom. The molecule has 1 aromatic heterocycles. The maximum atomic E-state index is 14.1. The van der Waals surface area contributed by atoms with Crippen LogP contribution in [-0.2, 0) is 32.1 Å². The second-order valence-electron chi connectivity index (χ2n) is 12.1. The summed E-state index contributed by atoms with van der Waals surface area (Å²) in [5.74, 6) is -2.53. The van der Waals surface area contributed by atoms with E-state index in [9.17, 15) is 50.7 Å². The minimum Gasteiger partial charge on any atom is -0.481 e. The highest BCUT2D eigenvalue weighted by atomic mass is 32.1. The van der Waals surface area contributed by atoms with Crippen LogP contribution in [-0.4, -0.2) is 49.7 Å². The number of nitriles is 1. The Balaban J connectivity index is 1.74. The zero-order valence-corrected chi connectivity index (χ0v) is 27.1. The minimum atomic E-state index is -5.10. The van der Waals surface area contributed by atoms with E-state index < -0.39 is 64.7 Å². The summed E-state index contributed by atoms with van der Waals surface area (Å²) in [6, 6.07) is 7.16. The van der Waals surface area contributed by atoms with Gasteiger partial charge in [0.1, 0.15) is 22.5 Å². The number of hydrogen-bond acceptors (Lipinski definition) is 7. The van der Waals surface area contributed by atoms with Crippen molar-refractivity contribution >= 4 is 33.8 Å². The van der Waals surface area contributed by atoms with Crippen molar-refractivity contribution in [1.82, 2.24) is 0 Å². The van der Waals surface area contributed by atoms with Crippen LogP contribution in [0.3, 0.4) is 0 Å². The number of carboxylic acids is 1. The monoisotopic (exact) mass is 699 g/mol. The summed E-state index contributed by atoms with van der Waals surface area (Å²) in [4.78, 5) is 27.3. The lowest BCUT2D eigenvalue weighted by molar-refractivity contribution is -0.143. The number of ether oxygens (including phenoxy) is 1. The van der Waals surface area contributed by atoms with Crippen LogP contribution in [0.2, 0.25) is 0 Å². The van der Waals surface area contributed by atoms with E-state index in [0.717, 1.165) is 0 Å². The molecule has 0 radical (unpaired) electrons. The fourth-order valence-corrected chi connectivity index (χ4v) is 7.08. The predicted octanol–water partition coefficient (Wildman–Crippen LogP) is 8.05. The number of carboxylic acid groups (broad SMARTS) is 1. The fraction of sp³-hybridized carbons (Fsp3) is 0.424. The summed E-state index contributed by atoms with van der Waals surface area (Å²) in [7, 11) is 1.46. The normalized spacial score (nSPS) is 17.2. The number of piperidine rings is 1. The highest BCUT2D eigenvalue weighted by molar-refractivity contribution is 7.20. The van der Waals surface area contributed by atoms with E-state index >= 15 is 0 Å². The summed E-state index contributed by atoms with van der Waals surface area (Å²) in [5.41, 5.74) is -4.11. The highest BCUT2D eigenvalue weighted by Gasteiger charge is 2.40. The molecule has 0 bridgehead atoms. The second-order valence-corrected chi connectivity index (χ2v) is 13.1. The number of rotatable bonds is 10. The van der Waals surface area contributed by atoms with Crippen LogP contribution in [0.15, 0.2) is 36.4 Å². The minimum absolute atomic E-state index is 0.00962. The number of nitrogens with zero attached hydrogens (tertiary/aromatic N) is 2. The first-order chi connectivity index (χ1) is 22.3. The van der Waals surface area contributed by atoms with Gasteiger partial charge in [0.25, 0.3) is 0 Å². The molecule has 0 amide bonds. The van der Waals surface area contributed by atoms with Gasteiger partial charge in [-0.15, -0.1) is 11.3 Å². The average molecular weight is 700 g/mol. The Kier molecular flexibility index (Phi) is 10.5. The number of benzene rings is 2. The number of ketones is 1. The van der Waals surface area contributed by atoms with Gasteiger partial charge in [0, 0.05) is 20.2 Å². The molecule has 0 spiro atoms. The van der Waals surface area contributed by atoms with Crippen LogP contribution in [0.5, 0.6) is 0 Å². The van der Waals surface area contributed by atoms with Crippen LogP contribution < -0.4 is 10.2 Å². The van der Waals surface area contributed by atoms with Gasteiger partial charge in [0.15, 0.2) is 5.78 Å². The molecular formula is C33H32F7N3O4S. The predicted molar refractivity (Wildman–Crippen MR) is 166 cm³/mol. The summed E-state index contributed by atoms with van der Waals surface area (Å²) >= 11 is 1.17. The molecule has 2 heterocycles. The van der Waals surface area contributed by atoms with E-state index in [4.69, 9.17) is 4.74 Å².